The van der Waals surface area contributed by atoms with E-state index in [1.807, 2.05) is 0 Å². The SMILES string of the molecule is COc1ccc(F)c(C(=O)c2ncc(CN)c3cc(OC)c(OC)cc23)c1.Cl. The first kappa shape index (κ1) is 21.4. The fourth-order valence-electron chi connectivity index (χ4n) is 2.90. The number of halogens is 2. The number of carbonyl (C=O) groups is 1. The van der Waals surface area contributed by atoms with Gasteiger partial charge in [0.1, 0.15) is 17.3 Å². The number of ether oxygens (including phenoxy) is 3. The number of nitrogens with zero attached hydrogens (tertiary/aromatic N) is 1. The summed E-state index contributed by atoms with van der Waals surface area (Å²) in [6.07, 6.45) is 1.51. The molecule has 0 fully saturated rings. The molecule has 28 heavy (non-hydrogen) atoms. The lowest BCUT2D eigenvalue weighted by Crippen LogP contribution is -2.10. The monoisotopic (exact) mass is 406 g/mol. The molecule has 0 amide bonds. The third-order valence-electron chi connectivity index (χ3n) is 4.33. The lowest BCUT2D eigenvalue weighted by atomic mass is 9.98. The Kier molecular flexibility index (Phi) is 6.77. The van der Waals surface area contributed by atoms with E-state index < -0.39 is 11.6 Å². The first-order valence-electron chi connectivity index (χ1n) is 8.16. The van der Waals surface area contributed by atoms with Crippen LogP contribution in [-0.2, 0) is 6.54 Å². The molecule has 0 atom stereocenters. The Morgan fingerprint density at radius 3 is 2.25 bits per heavy atom. The quantitative estimate of drug-likeness (QED) is 0.631. The maximum Gasteiger partial charge on any atom is 0.215 e. The highest BCUT2D eigenvalue weighted by atomic mass is 35.5. The molecule has 0 radical (unpaired) electrons. The van der Waals surface area contributed by atoms with Gasteiger partial charge in [-0.1, -0.05) is 0 Å². The molecule has 6 nitrogen and oxygen atoms in total. The van der Waals surface area contributed by atoms with Gasteiger partial charge in [-0.2, -0.15) is 0 Å². The van der Waals surface area contributed by atoms with Gasteiger partial charge >= 0.3 is 0 Å². The molecule has 0 unspecified atom stereocenters. The fraction of sp³-hybridized carbons (Fsp3) is 0.200. The smallest absolute Gasteiger partial charge is 0.215 e. The Morgan fingerprint density at radius 2 is 1.68 bits per heavy atom. The summed E-state index contributed by atoms with van der Waals surface area (Å²) in [5.41, 5.74) is 6.50. The van der Waals surface area contributed by atoms with E-state index in [1.54, 1.807) is 12.1 Å². The number of carbonyl (C=O) groups excluding carboxylic acids is 1. The van der Waals surface area contributed by atoms with Crippen molar-refractivity contribution in [3.05, 3.63) is 59.2 Å². The summed E-state index contributed by atoms with van der Waals surface area (Å²) in [6, 6.07) is 7.36. The van der Waals surface area contributed by atoms with Crippen LogP contribution in [0.5, 0.6) is 17.2 Å². The summed E-state index contributed by atoms with van der Waals surface area (Å²) in [6.45, 7) is 0.223. The number of nitrogens with two attached hydrogens (primary N) is 1. The highest BCUT2D eigenvalue weighted by Gasteiger charge is 2.21. The van der Waals surface area contributed by atoms with Crippen LogP contribution in [0, 0.1) is 5.82 Å². The maximum absolute atomic E-state index is 14.3. The number of fused-ring (bicyclic) bond motifs is 1. The predicted molar refractivity (Wildman–Crippen MR) is 106 cm³/mol. The van der Waals surface area contributed by atoms with Crippen molar-refractivity contribution < 1.29 is 23.4 Å². The number of rotatable bonds is 6. The van der Waals surface area contributed by atoms with E-state index in [9.17, 15) is 9.18 Å². The van der Waals surface area contributed by atoms with Crippen molar-refractivity contribution in [1.29, 1.82) is 0 Å². The van der Waals surface area contributed by atoms with Crippen LogP contribution in [-0.4, -0.2) is 32.1 Å². The zero-order valence-corrected chi connectivity index (χ0v) is 16.4. The van der Waals surface area contributed by atoms with E-state index in [2.05, 4.69) is 4.98 Å². The largest absolute Gasteiger partial charge is 0.497 e. The molecule has 0 saturated carbocycles. The van der Waals surface area contributed by atoms with E-state index in [0.717, 1.165) is 5.56 Å². The average molecular weight is 407 g/mol. The van der Waals surface area contributed by atoms with E-state index >= 15 is 0 Å². The number of hydrogen-bond donors (Lipinski definition) is 1. The van der Waals surface area contributed by atoms with Gasteiger partial charge in [-0.25, -0.2) is 4.39 Å². The van der Waals surface area contributed by atoms with Crippen molar-refractivity contribution in [2.45, 2.75) is 6.54 Å². The van der Waals surface area contributed by atoms with E-state index in [4.69, 9.17) is 19.9 Å². The molecule has 0 aliphatic carbocycles. The van der Waals surface area contributed by atoms with Crippen LogP contribution < -0.4 is 19.9 Å². The summed E-state index contributed by atoms with van der Waals surface area (Å²) >= 11 is 0. The molecule has 0 spiro atoms. The minimum Gasteiger partial charge on any atom is -0.497 e. The Bertz CT molecular complexity index is 1030. The van der Waals surface area contributed by atoms with E-state index in [0.29, 0.717) is 28.0 Å². The second-order valence-electron chi connectivity index (χ2n) is 5.76. The van der Waals surface area contributed by atoms with Gasteiger partial charge in [0.15, 0.2) is 11.5 Å². The molecule has 1 aromatic heterocycles. The van der Waals surface area contributed by atoms with Crippen LogP contribution in [0.15, 0.2) is 36.5 Å². The maximum atomic E-state index is 14.3. The van der Waals surface area contributed by atoms with Gasteiger partial charge < -0.3 is 19.9 Å². The third-order valence-corrected chi connectivity index (χ3v) is 4.33. The molecule has 2 aromatic carbocycles. The molecule has 2 N–H and O–H groups in total. The van der Waals surface area contributed by atoms with E-state index in [1.165, 1.54) is 45.7 Å². The third kappa shape index (κ3) is 3.72. The minimum atomic E-state index is -0.654. The first-order chi connectivity index (χ1) is 13.0. The zero-order valence-electron chi connectivity index (χ0n) is 15.6. The number of hydrogen-bond acceptors (Lipinski definition) is 6. The summed E-state index contributed by atoms with van der Waals surface area (Å²) in [5.74, 6) is 0.0891. The minimum absolute atomic E-state index is 0. The fourth-order valence-corrected chi connectivity index (χ4v) is 2.90. The van der Waals surface area contributed by atoms with Gasteiger partial charge in [-0.15, -0.1) is 12.4 Å². The average Bonchev–Trinajstić information content (AvgIpc) is 2.71. The number of ketones is 1. The van der Waals surface area contributed by atoms with Crippen LogP contribution in [0.1, 0.15) is 21.6 Å². The summed E-state index contributed by atoms with van der Waals surface area (Å²) in [5, 5.41) is 1.19. The topological polar surface area (TPSA) is 83.7 Å². The van der Waals surface area contributed by atoms with Crippen molar-refractivity contribution in [3.63, 3.8) is 0 Å². The summed E-state index contributed by atoms with van der Waals surface area (Å²) in [7, 11) is 4.46. The number of methoxy groups -OCH3 is 3. The normalized spacial score (nSPS) is 10.3. The standard InChI is InChI=1S/C20H19FN2O4.ClH/c1-25-12-4-5-16(21)15(6-12)20(24)19-14-8-18(27-3)17(26-2)7-13(14)11(9-22)10-23-19;/h4-8,10H,9,22H2,1-3H3;1H. The molecule has 0 aliphatic heterocycles. The Labute approximate surface area is 167 Å². The van der Waals surface area contributed by atoms with Gasteiger partial charge in [0.05, 0.1) is 26.9 Å². The van der Waals surface area contributed by atoms with Gasteiger partial charge in [0, 0.05) is 18.1 Å². The van der Waals surface area contributed by atoms with Crippen molar-refractivity contribution in [2.24, 2.45) is 5.73 Å². The molecule has 1 heterocycles. The number of benzene rings is 2. The van der Waals surface area contributed by atoms with Crippen LogP contribution >= 0.6 is 12.4 Å². The van der Waals surface area contributed by atoms with Crippen LogP contribution in [0.2, 0.25) is 0 Å². The van der Waals surface area contributed by atoms with E-state index in [-0.39, 0.29) is 30.2 Å². The van der Waals surface area contributed by atoms with Crippen molar-refractivity contribution >= 4 is 29.0 Å². The second kappa shape index (κ2) is 8.86. The molecule has 0 aliphatic rings. The van der Waals surface area contributed by atoms with Crippen LogP contribution in [0.4, 0.5) is 4.39 Å². The second-order valence-corrected chi connectivity index (χ2v) is 5.76. The molecule has 3 aromatic rings. The van der Waals surface area contributed by atoms with Crippen LogP contribution in [0.25, 0.3) is 10.8 Å². The molecule has 0 bridgehead atoms. The first-order valence-corrected chi connectivity index (χ1v) is 8.16. The molecular formula is C20H20ClFN2O4. The molecular weight excluding hydrogens is 387 g/mol. The Morgan fingerprint density at radius 1 is 1.04 bits per heavy atom. The Balaban J connectivity index is 0.00000280. The molecule has 148 valence electrons. The lowest BCUT2D eigenvalue weighted by molar-refractivity contribution is 0.103. The van der Waals surface area contributed by atoms with Gasteiger partial charge in [-0.05, 0) is 41.3 Å². The summed E-state index contributed by atoms with van der Waals surface area (Å²) < 4.78 is 30.0. The number of pyridine rings is 1. The highest BCUT2D eigenvalue weighted by molar-refractivity contribution is 6.16. The lowest BCUT2D eigenvalue weighted by Gasteiger charge is -2.14. The van der Waals surface area contributed by atoms with Gasteiger partial charge in [0.2, 0.25) is 5.78 Å². The Hall–Kier alpha value is -2.90. The number of aromatic nitrogens is 1. The zero-order chi connectivity index (χ0) is 19.6. The van der Waals surface area contributed by atoms with Gasteiger partial charge in [0.25, 0.3) is 0 Å². The highest BCUT2D eigenvalue weighted by Crippen LogP contribution is 2.35. The molecule has 8 heteroatoms. The molecule has 0 saturated heterocycles. The molecule has 3 rings (SSSR count). The van der Waals surface area contributed by atoms with Crippen molar-refractivity contribution in [3.8, 4) is 17.2 Å². The van der Waals surface area contributed by atoms with Crippen molar-refractivity contribution in [1.82, 2.24) is 4.98 Å². The van der Waals surface area contributed by atoms with Gasteiger partial charge in [-0.3, -0.25) is 9.78 Å². The predicted octanol–water partition coefficient (Wildman–Crippen LogP) is 3.51. The van der Waals surface area contributed by atoms with Crippen LogP contribution in [0.3, 0.4) is 0 Å². The van der Waals surface area contributed by atoms with Crippen molar-refractivity contribution in [2.75, 3.05) is 21.3 Å². The summed E-state index contributed by atoms with van der Waals surface area (Å²) in [4.78, 5) is 17.3.